The highest BCUT2D eigenvalue weighted by Crippen LogP contribution is 2.42. The summed E-state index contributed by atoms with van der Waals surface area (Å²) in [4.78, 5) is 1.53. The molecule has 0 aromatic heterocycles. The van der Waals surface area contributed by atoms with E-state index in [4.69, 9.17) is 0 Å². The van der Waals surface area contributed by atoms with Gasteiger partial charge in [0, 0.05) is 12.6 Å². The van der Waals surface area contributed by atoms with Gasteiger partial charge in [-0.3, -0.25) is 4.90 Å². The van der Waals surface area contributed by atoms with Crippen LogP contribution in [0.5, 0.6) is 0 Å². The van der Waals surface area contributed by atoms with Crippen LogP contribution in [0.25, 0.3) is 0 Å². The Morgan fingerprint density at radius 1 is 1.32 bits per heavy atom. The average Bonchev–Trinajstić information content (AvgIpc) is 2.85. The van der Waals surface area contributed by atoms with Crippen molar-refractivity contribution in [3.05, 3.63) is 12.2 Å². The molecule has 2 aliphatic carbocycles. The van der Waals surface area contributed by atoms with Crippen LogP contribution in [0.15, 0.2) is 12.2 Å². The summed E-state index contributed by atoms with van der Waals surface area (Å²) in [6.07, 6.45) is 3.84. The molecule has 0 spiro atoms. The van der Waals surface area contributed by atoms with E-state index in [1.165, 1.54) is 17.7 Å². The Morgan fingerprint density at radius 3 is 2.89 bits per heavy atom. The first-order valence-corrected chi connectivity index (χ1v) is 7.20. The highest BCUT2D eigenvalue weighted by atomic mass is 19.4. The van der Waals surface area contributed by atoms with E-state index in [1.54, 1.807) is 0 Å². The molecule has 5 heteroatoms. The second-order valence-corrected chi connectivity index (χ2v) is 6.26. The van der Waals surface area contributed by atoms with Gasteiger partial charge in [0.1, 0.15) is 0 Å². The predicted octanol–water partition coefficient (Wildman–Crippen LogP) is 2.42. The Hall–Kier alpha value is -0.550. The van der Waals surface area contributed by atoms with Gasteiger partial charge >= 0.3 is 6.18 Å². The molecule has 0 radical (unpaired) electrons. The van der Waals surface area contributed by atoms with Gasteiger partial charge in [0.25, 0.3) is 0 Å². The zero-order valence-electron chi connectivity index (χ0n) is 11.0. The number of allylic oxidation sites excluding steroid dienone is 1. The molecule has 2 fully saturated rings. The first kappa shape index (κ1) is 13.4. The molecule has 0 aromatic carbocycles. The van der Waals surface area contributed by atoms with Crippen LogP contribution in [0.2, 0.25) is 0 Å². The van der Waals surface area contributed by atoms with Crippen molar-refractivity contribution in [3.8, 4) is 0 Å². The van der Waals surface area contributed by atoms with Crippen LogP contribution in [-0.2, 0) is 0 Å². The van der Waals surface area contributed by atoms with E-state index in [2.05, 4.69) is 17.5 Å². The van der Waals surface area contributed by atoms with Gasteiger partial charge in [-0.1, -0.05) is 12.2 Å². The van der Waals surface area contributed by atoms with Crippen molar-refractivity contribution in [2.24, 2.45) is 17.8 Å². The van der Waals surface area contributed by atoms with Gasteiger partial charge in [-0.15, -0.1) is 0 Å². The summed E-state index contributed by atoms with van der Waals surface area (Å²) < 4.78 is 36.9. The summed E-state index contributed by atoms with van der Waals surface area (Å²) >= 11 is 0. The minimum absolute atomic E-state index is 0.381. The Labute approximate surface area is 112 Å². The maximum absolute atomic E-state index is 12.3. The topological polar surface area (TPSA) is 15.3 Å². The van der Waals surface area contributed by atoms with Crippen molar-refractivity contribution in [3.63, 3.8) is 0 Å². The van der Waals surface area contributed by atoms with Crippen molar-refractivity contribution in [2.75, 3.05) is 26.2 Å². The van der Waals surface area contributed by atoms with E-state index in [-0.39, 0.29) is 0 Å². The van der Waals surface area contributed by atoms with E-state index in [9.17, 15) is 13.2 Å². The van der Waals surface area contributed by atoms with E-state index in [1.807, 2.05) is 0 Å². The highest BCUT2D eigenvalue weighted by molar-refractivity contribution is 5.12. The molecule has 1 heterocycles. The maximum Gasteiger partial charge on any atom is 0.401 e. The number of fused-ring (bicyclic) bond motifs is 1. The molecular formula is C14H21F3N2. The zero-order valence-corrected chi connectivity index (χ0v) is 11.0. The van der Waals surface area contributed by atoms with Crippen molar-refractivity contribution in [2.45, 2.75) is 31.5 Å². The predicted molar refractivity (Wildman–Crippen MR) is 67.7 cm³/mol. The molecule has 2 nitrogen and oxygen atoms in total. The molecule has 108 valence electrons. The fourth-order valence-corrected chi connectivity index (χ4v) is 3.74. The summed E-state index contributed by atoms with van der Waals surface area (Å²) in [6, 6.07) is 0.570. The lowest BCUT2D eigenvalue weighted by atomic mass is 9.71. The number of nitrogens with zero attached hydrogens (tertiary/aromatic N) is 1. The zero-order chi connectivity index (χ0) is 13.5. The Bertz CT molecular complexity index is 353. The third kappa shape index (κ3) is 3.14. The second-order valence-electron chi connectivity index (χ2n) is 6.26. The molecule has 0 bridgehead atoms. The number of alkyl halides is 3. The second kappa shape index (κ2) is 5.09. The third-order valence-corrected chi connectivity index (χ3v) is 4.80. The van der Waals surface area contributed by atoms with Crippen LogP contribution in [0.4, 0.5) is 13.2 Å². The number of nitrogens with one attached hydrogen (secondary N) is 1. The molecule has 0 amide bonds. The molecule has 4 unspecified atom stereocenters. The Kier molecular flexibility index (Phi) is 3.60. The number of hydrogen-bond donors (Lipinski definition) is 1. The normalized spacial score (nSPS) is 38.5. The van der Waals surface area contributed by atoms with Gasteiger partial charge in [0.05, 0.1) is 6.54 Å². The molecule has 4 atom stereocenters. The van der Waals surface area contributed by atoms with Crippen LogP contribution in [0, 0.1) is 17.8 Å². The van der Waals surface area contributed by atoms with E-state index < -0.39 is 12.7 Å². The molecule has 0 aromatic rings. The summed E-state index contributed by atoms with van der Waals surface area (Å²) in [5.74, 6) is 1.90. The molecule has 1 N–H and O–H groups in total. The minimum Gasteiger partial charge on any atom is -0.313 e. The van der Waals surface area contributed by atoms with Gasteiger partial charge in [-0.2, -0.15) is 13.2 Å². The van der Waals surface area contributed by atoms with Crippen LogP contribution in [0.3, 0.4) is 0 Å². The molecule has 3 aliphatic rings. The standard InChI is InChI=1S/C14H21F3N2/c15-14(16,17)9-19-5-4-10(8-19)7-18-13-6-11-2-1-3-12(11)13/h1,3,10-13,18H,2,4-9H2. The van der Waals surface area contributed by atoms with Crippen LogP contribution in [0.1, 0.15) is 19.3 Å². The first-order valence-electron chi connectivity index (χ1n) is 7.20. The monoisotopic (exact) mass is 274 g/mol. The summed E-state index contributed by atoms with van der Waals surface area (Å²) in [7, 11) is 0. The lowest BCUT2D eigenvalue weighted by Gasteiger charge is -2.41. The first-order chi connectivity index (χ1) is 9.01. The Balaban J connectivity index is 1.37. The average molecular weight is 274 g/mol. The number of hydrogen-bond acceptors (Lipinski definition) is 2. The fourth-order valence-electron chi connectivity index (χ4n) is 3.74. The van der Waals surface area contributed by atoms with Crippen LogP contribution < -0.4 is 5.32 Å². The third-order valence-electron chi connectivity index (χ3n) is 4.80. The quantitative estimate of drug-likeness (QED) is 0.792. The molecular weight excluding hydrogens is 253 g/mol. The van der Waals surface area contributed by atoms with E-state index in [0.29, 0.717) is 31.0 Å². The molecule has 1 saturated heterocycles. The smallest absolute Gasteiger partial charge is 0.313 e. The SMILES string of the molecule is FC(F)(F)CN1CCC(CNC2CC3CC=CC32)C1. The fraction of sp³-hybridized carbons (Fsp3) is 0.857. The lowest BCUT2D eigenvalue weighted by molar-refractivity contribution is -0.143. The minimum atomic E-state index is -4.06. The molecule has 19 heavy (non-hydrogen) atoms. The van der Waals surface area contributed by atoms with Crippen molar-refractivity contribution >= 4 is 0 Å². The largest absolute Gasteiger partial charge is 0.401 e. The summed E-state index contributed by atoms with van der Waals surface area (Å²) in [5.41, 5.74) is 0. The van der Waals surface area contributed by atoms with Gasteiger partial charge in [0.2, 0.25) is 0 Å². The van der Waals surface area contributed by atoms with Gasteiger partial charge < -0.3 is 5.32 Å². The lowest BCUT2D eigenvalue weighted by Crippen LogP contribution is -2.49. The molecule has 3 rings (SSSR count). The van der Waals surface area contributed by atoms with Gasteiger partial charge in [0.15, 0.2) is 0 Å². The molecule has 1 saturated carbocycles. The summed E-state index contributed by atoms with van der Waals surface area (Å²) in [5, 5.41) is 3.56. The van der Waals surface area contributed by atoms with Crippen LogP contribution in [-0.4, -0.2) is 43.3 Å². The summed E-state index contributed by atoms with van der Waals surface area (Å²) in [6.45, 7) is 1.29. The van der Waals surface area contributed by atoms with Gasteiger partial charge in [-0.25, -0.2) is 0 Å². The van der Waals surface area contributed by atoms with E-state index >= 15 is 0 Å². The number of rotatable bonds is 4. The van der Waals surface area contributed by atoms with Crippen molar-refractivity contribution in [1.82, 2.24) is 10.2 Å². The highest BCUT2D eigenvalue weighted by Gasteiger charge is 2.41. The van der Waals surface area contributed by atoms with E-state index in [0.717, 1.165) is 18.9 Å². The number of likely N-dealkylation sites (tertiary alicyclic amines) is 1. The van der Waals surface area contributed by atoms with Crippen molar-refractivity contribution < 1.29 is 13.2 Å². The number of halogens is 3. The molecule has 1 aliphatic heterocycles. The van der Waals surface area contributed by atoms with Crippen LogP contribution >= 0.6 is 0 Å². The Morgan fingerprint density at radius 2 is 2.16 bits per heavy atom. The maximum atomic E-state index is 12.3. The van der Waals surface area contributed by atoms with Gasteiger partial charge in [-0.05, 0) is 50.1 Å². The van der Waals surface area contributed by atoms with Crippen molar-refractivity contribution in [1.29, 1.82) is 0 Å².